The number of halogens is 3. The zero-order valence-electron chi connectivity index (χ0n) is 12.5. The molecule has 0 aliphatic heterocycles. The third kappa shape index (κ3) is 4.34. The summed E-state index contributed by atoms with van der Waals surface area (Å²) < 4.78 is 37.6. The Bertz CT molecular complexity index is 636. The fourth-order valence-corrected chi connectivity index (χ4v) is 1.85. The molecule has 1 aromatic carbocycles. The zero-order chi connectivity index (χ0) is 16.3. The quantitative estimate of drug-likeness (QED) is 0.880. The molecular formula is C15H17F3N4. The van der Waals surface area contributed by atoms with Crippen LogP contribution in [0.15, 0.2) is 30.3 Å². The summed E-state index contributed by atoms with van der Waals surface area (Å²) in [5.41, 5.74) is 0.605. The average molecular weight is 310 g/mol. The van der Waals surface area contributed by atoms with Crippen LogP contribution in [0.2, 0.25) is 0 Å². The molecule has 0 atom stereocenters. The summed E-state index contributed by atoms with van der Waals surface area (Å²) in [6, 6.07) is 6.71. The number of nitrogens with zero attached hydrogens (tertiary/aromatic N) is 2. The second kappa shape index (κ2) is 6.21. The van der Waals surface area contributed by atoms with Gasteiger partial charge in [-0.05, 0) is 45.0 Å². The van der Waals surface area contributed by atoms with E-state index in [0.29, 0.717) is 17.5 Å². The molecule has 0 unspecified atom stereocenters. The van der Waals surface area contributed by atoms with Crippen LogP contribution in [0.1, 0.15) is 25.1 Å². The summed E-state index contributed by atoms with van der Waals surface area (Å²) in [7, 11) is 0. The van der Waals surface area contributed by atoms with Gasteiger partial charge in [-0.2, -0.15) is 18.2 Å². The summed E-state index contributed by atoms with van der Waals surface area (Å²) in [5, 5.41) is 6.07. The molecule has 0 saturated carbocycles. The van der Waals surface area contributed by atoms with Crippen LogP contribution in [0.5, 0.6) is 0 Å². The van der Waals surface area contributed by atoms with Crippen LogP contribution in [0.3, 0.4) is 0 Å². The van der Waals surface area contributed by atoms with Gasteiger partial charge in [0.05, 0.1) is 5.56 Å². The number of rotatable bonds is 4. The van der Waals surface area contributed by atoms with E-state index in [9.17, 15) is 13.2 Å². The molecule has 7 heteroatoms. The van der Waals surface area contributed by atoms with Crippen molar-refractivity contribution in [3.8, 4) is 0 Å². The van der Waals surface area contributed by atoms with Gasteiger partial charge >= 0.3 is 6.18 Å². The molecule has 2 N–H and O–H groups in total. The lowest BCUT2D eigenvalue weighted by molar-refractivity contribution is -0.137. The number of alkyl halides is 3. The minimum absolute atomic E-state index is 0.181. The number of aromatic nitrogens is 2. The van der Waals surface area contributed by atoms with E-state index in [-0.39, 0.29) is 6.04 Å². The largest absolute Gasteiger partial charge is 0.416 e. The van der Waals surface area contributed by atoms with Crippen molar-refractivity contribution in [3.63, 3.8) is 0 Å². The molecule has 0 fully saturated rings. The van der Waals surface area contributed by atoms with Crippen LogP contribution in [0.25, 0.3) is 0 Å². The van der Waals surface area contributed by atoms with Crippen molar-refractivity contribution in [2.45, 2.75) is 33.0 Å². The van der Waals surface area contributed by atoms with Crippen LogP contribution in [0.4, 0.5) is 30.6 Å². The molecular weight excluding hydrogens is 293 g/mol. The monoisotopic (exact) mass is 310 g/mol. The van der Waals surface area contributed by atoms with Gasteiger partial charge in [0.2, 0.25) is 5.95 Å². The Hall–Kier alpha value is -2.31. The minimum Gasteiger partial charge on any atom is -0.352 e. The number of hydrogen-bond acceptors (Lipinski definition) is 4. The highest BCUT2D eigenvalue weighted by Crippen LogP contribution is 2.30. The SMILES string of the molecule is Cc1cc(Nc2ccc(C(F)(F)F)cc2)nc(NC(C)C)n1. The zero-order valence-corrected chi connectivity index (χ0v) is 12.5. The van der Waals surface area contributed by atoms with Gasteiger partial charge < -0.3 is 10.6 Å². The lowest BCUT2D eigenvalue weighted by Crippen LogP contribution is -2.13. The molecule has 118 valence electrons. The summed E-state index contributed by atoms with van der Waals surface area (Å²) >= 11 is 0. The highest BCUT2D eigenvalue weighted by molar-refractivity contribution is 5.58. The number of nitrogens with one attached hydrogen (secondary N) is 2. The van der Waals surface area contributed by atoms with Crippen LogP contribution in [-0.2, 0) is 6.18 Å². The molecule has 2 rings (SSSR count). The Morgan fingerprint density at radius 2 is 1.68 bits per heavy atom. The third-order valence-corrected chi connectivity index (χ3v) is 2.76. The molecule has 1 heterocycles. The van der Waals surface area contributed by atoms with Gasteiger partial charge in [0.15, 0.2) is 0 Å². The highest BCUT2D eigenvalue weighted by Gasteiger charge is 2.29. The third-order valence-electron chi connectivity index (χ3n) is 2.76. The fraction of sp³-hybridized carbons (Fsp3) is 0.333. The standard InChI is InChI=1S/C15H17F3N4/c1-9(2)19-14-20-10(3)8-13(22-14)21-12-6-4-11(5-7-12)15(16,17)18/h4-9H,1-3H3,(H2,19,20,21,22). The van der Waals surface area contributed by atoms with Gasteiger partial charge in [0.1, 0.15) is 5.82 Å². The first-order valence-electron chi connectivity index (χ1n) is 6.80. The molecule has 2 aromatic rings. The van der Waals surface area contributed by atoms with Crippen LogP contribution < -0.4 is 10.6 Å². The van der Waals surface area contributed by atoms with Crippen molar-refractivity contribution in [1.29, 1.82) is 0 Å². The first-order valence-corrected chi connectivity index (χ1v) is 6.80. The van der Waals surface area contributed by atoms with Crippen molar-refractivity contribution >= 4 is 17.5 Å². The highest BCUT2D eigenvalue weighted by atomic mass is 19.4. The second-order valence-electron chi connectivity index (χ2n) is 5.22. The van der Waals surface area contributed by atoms with Crippen molar-refractivity contribution < 1.29 is 13.2 Å². The van der Waals surface area contributed by atoms with Crippen LogP contribution in [-0.4, -0.2) is 16.0 Å². The van der Waals surface area contributed by atoms with Crippen LogP contribution in [0, 0.1) is 6.92 Å². The van der Waals surface area contributed by atoms with Crippen molar-refractivity contribution in [1.82, 2.24) is 9.97 Å². The average Bonchev–Trinajstić information content (AvgIpc) is 2.36. The Morgan fingerprint density at radius 1 is 1.05 bits per heavy atom. The maximum Gasteiger partial charge on any atom is 0.416 e. The Kier molecular flexibility index (Phi) is 4.54. The maximum atomic E-state index is 12.5. The van der Waals surface area contributed by atoms with E-state index in [1.165, 1.54) is 12.1 Å². The maximum absolute atomic E-state index is 12.5. The first-order chi connectivity index (χ1) is 10.2. The smallest absolute Gasteiger partial charge is 0.352 e. The molecule has 0 saturated heterocycles. The van der Waals surface area contributed by atoms with Crippen LogP contribution >= 0.6 is 0 Å². The molecule has 1 aromatic heterocycles. The molecule has 22 heavy (non-hydrogen) atoms. The van der Waals surface area contributed by atoms with Gasteiger partial charge in [-0.1, -0.05) is 0 Å². The van der Waals surface area contributed by atoms with Gasteiger partial charge in [0.25, 0.3) is 0 Å². The van der Waals surface area contributed by atoms with Gasteiger partial charge in [-0.15, -0.1) is 0 Å². The second-order valence-corrected chi connectivity index (χ2v) is 5.22. The lowest BCUT2D eigenvalue weighted by atomic mass is 10.2. The summed E-state index contributed by atoms with van der Waals surface area (Å²) in [6.07, 6.45) is -4.33. The minimum atomic E-state index is -4.33. The molecule has 0 aliphatic carbocycles. The molecule has 0 aliphatic rings. The topological polar surface area (TPSA) is 49.8 Å². The summed E-state index contributed by atoms with van der Waals surface area (Å²) in [5.74, 6) is 1.000. The molecule has 0 bridgehead atoms. The van der Waals surface area contributed by atoms with E-state index < -0.39 is 11.7 Å². The van der Waals surface area contributed by atoms with E-state index in [1.807, 2.05) is 20.8 Å². The first kappa shape index (κ1) is 16.1. The number of benzene rings is 1. The number of hydrogen-bond donors (Lipinski definition) is 2. The Balaban J connectivity index is 2.18. The Morgan fingerprint density at radius 3 is 2.23 bits per heavy atom. The van der Waals surface area contributed by atoms with E-state index in [1.54, 1.807) is 6.07 Å². The van der Waals surface area contributed by atoms with Gasteiger partial charge in [0, 0.05) is 23.5 Å². The van der Waals surface area contributed by atoms with E-state index in [4.69, 9.17) is 0 Å². The van der Waals surface area contributed by atoms with Crippen molar-refractivity contribution in [2.75, 3.05) is 10.6 Å². The summed E-state index contributed by atoms with van der Waals surface area (Å²) in [6.45, 7) is 5.76. The van der Waals surface area contributed by atoms with Crippen molar-refractivity contribution in [3.05, 3.63) is 41.6 Å². The summed E-state index contributed by atoms with van der Waals surface area (Å²) in [4.78, 5) is 8.54. The number of anilines is 3. The molecule has 0 radical (unpaired) electrons. The lowest BCUT2D eigenvalue weighted by Gasteiger charge is -2.12. The van der Waals surface area contributed by atoms with Crippen molar-refractivity contribution in [2.24, 2.45) is 0 Å². The predicted molar refractivity (Wildman–Crippen MR) is 80.3 cm³/mol. The fourth-order valence-electron chi connectivity index (χ4n) is 1.85. The normalized spacial score (nSPS) is 11.6. The molecule has 0 amide bonds. The van der Waals surface area contributed by atoms with E-state index >= 15 is 0 Å². The van der Waals surface area contributed by atoms with E-state index in [0.717, 1.165) is 17.8 Å². The van der Waals surface area contributed by atoms with Gasteiger partial charge in [-0.3, -0.25) is 0 Å². The molecule has 0 spiro atoms. The van der Waals surface area contributed by atoms with E-state index in [2.05, 4.69) is 20.6 Å². The molecule has 4 nitrogen and oxygen atoms in total. The number of aryl methyl sites for hydroxylation is 1. The van der Waals surface area contributed by atoms with Gasteiger partial charge in [-0.25, -0.2) is 4.98 Å². The Labute approximate surface area is 126 Å². The predicted octanol–water partition coefficient (Wildman–Crippen LogP) is 4.37.